The number of aliphatic hydroxyl groups excluding tert-OH is 1. The number of nitrogens with one attached hydrogen (secondary N) is 2. The van der Waals surface area contributed by atoms with Crippen molar-refractivity contribution in [3.8, 4) is 0 Å². The number of aromatic nitrogens is 5. The fourth-order valence-corrected chi connectivity index (χ4v) is 2.83. The zero-order valence-corrected chi connectivity index (χ0v) is 16.7. The molecule has 0 aliphatic heterocycles. The minimum absolute atomic E-state index is 0.00985. The molecule has 0 spiro atoms. The predicted molar refractivity (Wildman–Crippen MR) is 111 cm³/mol. The Labute approximate surface area is 164 Å². The second-order valence-electron chi connectivity index (χ2n) is 7.43. The molecule has 0 amide bonds. The Kier molecular flexibility index (Phi) is 5.93. The van der Waals surface area contributed by atoms with E-state index in [2.05, 4.69) is 30.9 Å². The third-order valence-electron chi connectivity index (χ3n) is 4.63. The molecule has 0 fully saturated rings. The summed E-state index contributed by atoms with van der Waals surface area (Å²) < 4.78 is 1.76. The van der Waals surface area contributed by atoms with Crippen molar-refractivity contribution in [1.29, 1.82) is 0 Å². The van der Waals surface area contributed by atoms with Crippen LogP contribution in [0.15, 0.2) is 24.3 Å². The van der Waals surface area contributed by atoms with E-state index in [1.807, 2.05) is 52.0 Å². The Morgan fingerprint density at radius 1 is 1.14 bits per heavy atom. The molecular formula is C19H28N8O. The van der Waals surface area contributed by atoms with Crippen LogP contribution in [0.25, 0.3) is 11.2 Å². The van der Waals surface area contributed by atoms with Gasteiger partial charge >= 0.3 is 0 Å². The summed E-state index contributed by atoms with van der Waals surface area (Å²) in [6.07, 6.45) is 0. The maximum absolute atomic E-state index is 9.65. The van der Waals surface area contributed by atoms with Gasteiger partial charge in [0.1, 0.15) is 0 Å². The van der Waals surface area contributed by atoms with Gasteiger partial charge in [0.25, 0.3) is 0 Å². The van der Waals surface area contributed by atoms with Crippen molar-refractivity contribution in [1.82, 2.24) is 25.0 Å². The topological polar surface area (TPSA) is 127 Å². The molecule has 5 N–H and O–H groups in total. The molecule has 1 aromatic carbocycles. The van der Waals surface area contributed by atoms with Crippen LogP contribution < -0.4 is 16.4 Å². The summed E-state index contributed by atoms with van der Waals surface area (Å²) in [6, 6.07) is 7.62. The van der Waals surface area contributed by atoms with E-state index in [1.54, 1.807) is 4.68 Å². The zero-order valence-electron chi connectivity index (χ0n) is 16.7. The van der Waals surface area contributed by atoms with Crippen LogP contribution in [0.1, 0.15) is 39.3 Å². The van der Waals surface area contributed by atoms with Crippen molar-refractivity contribution in [3.63, 3.8) is 0 Å². The number of fused-ring (bicyclic) bond motifs is 1. The highest BCUT2D eigenvalue weighted by Gasteiger charge is 2.19. The largest absolute Gasteiger partial charge is 0.398 e. The molecule has 0 radical (unpaired) electrons. The Hall–Kier alpha value is -2.94. The fraction of sp³-hybridized carbons (Fsp3) is 0.474. The first-order valence-corrected chi connectivity index (χ1v) is 9.48. The number of hydrogen-bond acceptors (Lipinski definition) is 8. The Morgan fingerprint density at radius 2 is 1.89 bits per heavy atom. The summed E-state index contributed by atoms with van der Waals surface area (Å²) in [5.41, 5.74) is 8.96. The van der Waals surface area contributed by atoms with Crippen molar-refractivity contribution in [3.05, 3.63) is 29.8 Å². The second kappa shape index (κ2) is 8.39. The number of nitrogens with two attached hydrogens (primary N) is 1. The standard InChI is InChI=1S/C19H28N8O/c1-11(2)15(10-28)22-19-23-17(21-9-13-7-5-6-8-14(13)20)16-18(24-19)27(12(3)4)26-25-16/h5-8,11-12,15,28H,9-10,20H2,1-4H3,(H2,21,22,23,24)/t15-/m0/s1. The molecule has 3 rings (SSSR count). The average Bonchev–Trinajstić information content (AvgIpc) is 3.09. The maximum atomic E-state index is 9.65. The quantitative estimate of drug-likeness (QED) is 0.436. The number of benzene rings is 1. The van der Waals surface area contributed by atoms with Crippen LogP contribution in [0.2, 0.25) is 0 Å². The summed E-state index contributed by atoms with van der Waals surface area (Å²) >= 11 is 0. The summed E-state index contributed by atoms with van der Waals surface area (Å²) in [5, 5.41) is 24.7. The van der Waals surface area contributed by atoms with Crippen molar-refractivity contribution < 1.29 is 5.11 Å². The van der Waals surface area contributed by atoms with Crippen LogP contribution in [0.3, 0.4) is 0 Å². The molecule has 28 heavy (non-hydrogen) atoms. The van der Waals surface area contributed by atoms with Gasteiger partial charge in [-0.25, -0.2) is 4.68 Å². The second-order valence-corrected chi connectivity index (χ2v) is 7.43. The van der Waals surface area contributed by atoms with Crippen molar-refractivity contribution in [2.45, 2.75) is 46.3 Å². The van der Waals surface area contributed by atoms with Crippen LogP contribution in [0.4, 0.5) is 17.5 Å². The molecule has 3 aromatic rings. The summed E-state index contributed by atoms with van der Waals surface area (Å²) in [7, 11) is 0. The van der Waals surface area contributed by atoms with Gasteiger partial charge in [0.05, 0.1) is 18.7 Å². The maximum Gasteiger partial charge on any atom is 0.227 e. The fourth-order valence-electron chi connectivity index (χ4n) is 2.83. The van der Waals surface area contributed by atoms with Gasteiger partial charge in [-0.2, -0.15) is 9.97 Å². The molecule has 9 nitrogen and oxygen atoms in total. The number of nitrogen functional groups attached to an aromatic ring is 1. The molecule has 0 aliphatic rings. The van der Waals surface area contributed by atoms with Gasteiger partial charge in [0.15, 0.2) is 17.0 Å². The number of rotatable bonds is 8. The number of para-hydroxylation sites is 1. The van der Waals surface area contributed by atoms with E-state index in [4.69, 9.17) is 5.73 Å². The van der Waals surface area contributed by atoms with Gasteiger partial charge in [-0.3, -0.25) is 0 Å². The Bertz CT molecular complexity index is 937. The number of hydrogen-bond donors (Lipinski definition) is 4. The van der Waals surface area contributed by atoms with Crippen molar-refractivity contribution in [2.75, 3.05) is 23.0 Å². The van der Waals surface area contributed by atoms with Gasteiger partial charge < -0.3 is 21.5 Å². The van der Waals surface area contributed by atoms with Crippen molar-refractivity contribution >= 4 is 28.6 Å². The van der Waals surface area contributed by atoms with E-state index in [-0.39, 0.29) is 24.6 Å². The third-order valence-corrected chi connectivity index (χ3v) is 4.63. The summed E-state index contributed by atoms with van der Waals surface area (Å²) in [4.78, 5) is 9.19. The van der Waals surface area contributed by atoms with Gasteiger partial charge in [0.2, 0.25) is 5.95 Å². The van der Waals surface area contributed by atoms with E-state index < -0.39 is 0 Å². The predicted octanol–water partition coefficient (Wildman–Crippen LogP) is 2.43. The molecule has 0 unspecified atom stereocenters. The molecule has 2 heterocycles. The molecule has 1 atom stereocenters. The highest BCUT2D eigenvalue weighted by atomic mass is 16.3. The Balaban J connectivity index is 1.98. The molecule has 9 heteroatoms. The lowest BCUT2D eigenvalue weighted by Crippen LogP contribution is -2.30. The van der Waals surface area contributed by atoms with Gasteiger partial charge in [-0.05, 0) is 31.4 Å². The monoisotopic (exact) mass is 384 g/mol. The highest BCUT2D eigenvalue weighted by Crippen LogP contribution is 2.24. The highest BCUT2D eigenvalue weighted by molar-refractivity contribution is 5.83. The first-order valence-electron chi connectivity index (χ1n) is 9.48. The van der Waals surface area contributed by atoms with Crippen LogP contribution >= 0.6 is 0 Å². The SMILES string of the molecule is CC(C)[C@H](CO)Nc1nc(NCc2ccccc2N)c2nnn(C(C)C)c2n1. The lowest BCUT2D eigenvalue weighted by atomic mass is 10.1. The molecule has 0 saturated carbocycles. The van der Waals surface area contributed by atoms with E-state index in [1.165, 1.54) is 0 Å². The number of aliphatic hydroxyl groups is 1. The average molecular weight is 384 g/mol. The van der Waals surface area contributed by atoms with Gasteiger partial charge in [-0.15, -0.1) is 5.10 Å². The van der Waals surface area contributed by atoms with E-state index in [0.717, 1.165) is 5.56 Å². The lowest BCUT2D eigenvalue weighted by molar-refractivity contribution is 0.248. The Morgan fingerprint density at radius 3 is 2.54 bits per heavy atom. The molecule has 2 aromatic heterocycles. The molecule has 150 valence electrons. The number of anilines is 3. The van der Waals surface area contributed by atoms with Crippen LogP contribution in [0, 0.1) is 5.92 Å². The number of nitrogens with zero attached hydrogens (tertiary/aromatic N) is 5. The first-order chi connectivity index (χ1) is 13.4. The lowest BCUT2D eigenvalue weighted by Gasteiger charge is -2.20. The van der Waals surface area contributed by atoms with Crippen LogP contribution in [0.5, 0.6) is 0 Å². The third kappa shape index (κ3) is 4.14. The summed E-state index contributed by atoms with van der Waals surface area (Å²) in [5.74, 6) is 1.22. The molecule has 0 bridgehead atoms. The van der Waals surface area contributed by atoms with E-state index in [0.29, 0.717) is 35.2 Å². The van der Waals surface area contributed by atoms with Crippen molar-refractivity contribution in [2.24, 2.45) is 5.92 Å². The smallest absolute Gasteiger partial charge is 0.227 e. The zero-order chi connectivity index (χ0) is 20.3. The normalized spacial score (nSPS) is 12.7. The van der Waals surface area contributed by atoms with Crippen LogP contribution in [-0.2, 0) is 6.54 Å². The van der Waals surface area contributed by atoms with Crippen LogP contribution in [-0.4, -0.2) is 42.7 Å². The van der Waals surface area contributed by atoms with E-state index in [9.17, 15) is 5.11 Å². The van der Waals surface area contributed by atoms with Gasteiger partial charge in [0, 0.05) is 12.2 Å². The minimum atomic E-state index is -0.154. The van der Waals surface area contributed by atoms with E-state index >= 15 is 0 Å². The molecule has 0 saturated heterocycles. The molecular weight excluding hydrogens is 356 g/mol. The molecule has 0 aliphatic carbocycles. The first kappa shape index (κ1) is 19.8. The minimum Gasteiger partial charge on any atom is -0.398 e. The van der Waals surface area contributed by atoms with Gasteiger partial charge in [-0.1, -0.05) is 37.3 Å². The summed E-state index contributed by atoms with van der Waals surface area (Å²) in [6.45, 7) is 8.59.